The molecule has 2 heterocycles. The summed E-state index contributed by atoms with van der Waals surface area (Å²) in [5.74, 6) is -0.167. The van der Waals surface area contributed by atoms with E-state index in [1.165, 1.54) is 11.8 Å². The molecule has 0 radical (unpaired) electrons. The molecule has 176 valence electrons. The number of carboxylic acid groups (broad SMARTS) is 1. The fourth-order valence-electron chi connectivity index (χ4n) is 3.57. The first-order valence-corrected chi connectivity index (χ1v) is 11.7. The summed E-state index contributed by atoms with van der Waals surface area (Å²) >= 11 is 1.45. The van der Waals surface area contributed by atoms with Gasteiger partial charge in [0.05, 0.1) is 17.1 Å². The van der Waals surface area contributed by atoms with E-state index in [0.29, 0.717) is 11.3 Å². The van der Waals surface area contributed by atoms with Gasteiger partial charge in [0.15, 0.2) is 0 Å². The molecule has 0 aliphatic carbocycles. The SMILES string of the molecule is CC(=O)O.COc1ccc(-c2ccc(C=C3SC(Cc4ccc5[n-]ccc5c4)=NC3=O)cc2)cc1.[Na+]. The van der Waals surface area contributed by atoms with Crippen molar-refractivity contribution in [1.82, 2.24) is 4.98 Å². The van der Waals surface area contributed by atoms with E-state index in [1.807, 2.05) is 60.7 Å². The zero-order valence-electron chi connectivity index (χ0n) is 20.3. The van der Waals surface area contributed by atoms with Gasteiger partial charge in [0.1, 0.15) is 5.75 Å². The molecule has 0 saturated heterocycles. The first-order chi connectivity index (χ1) is 16.9. The number of carbonyl (C=O) groups excluding carboxylic acids is 1. The number of carbonyl (C=O) groups is 2. The van der Waals surface area contributed by atoms with E-state index in [1.54, 1.807) is 13.3 Å². The van der Waals surface area contributed by atoms with E-state index in [4.69, 9.17) is 14.6 Å². The number of aromatic nitrogens is 1. The minimum absolute atomic E-state index is 0. The number of fused-ring (bicyclic) bond motifs is 1. The van der Waals surface area contributed by atoms with E-state index in [-0.39, 0.29) is 35.5 Å². The Morgan fingerprint density at radius 1 is 1.03 bits per heavy atom. The summed E-state index contributed by atoms with van der Waals surface area (Å²) < 4.78 is 5.21. The first-order valence-electron chi connectivity index (χ1n) is 10.9. The predicted molar refractivity (Wildman–Crippen MR) is 141 cm³/mol. The Morgan fingerprint density at radius 3 is 2.31 bits per heavy atom. The van der Waals surface area contributed by atoms with Crippen molar-refractivity contribution in [1.29, 1.82) is 0 Å². The monoisotopic (exact) mass is 506 g/mol. The number of benzene rings is 3. The number of carboxylic acids is 1. The van der Waals surface area contributed by atoms with Crippen LogP contribution in [0.25, 0.3) is 28.1 Å². The number of methoxy groups -OCH3 is 1. The maximum atomic E-state index is 12.4. The zero-order chi connectivity index (χ0) is 24.8. The Morgan fingerprint density at radius 2 is 1.67 bits per heavy atom. The van der Waals surface area contributed by atoms with Crippen LogP contribution in [0.5, 0.6) is 5.75 Å². The zero-order valence-corrected chi connectivity index (χ0v) is 23.1. The van der Waals surface area contributed by atoms with Crippen molar-refractivity contribution in [3.63, 3.8) is 0 Å². The Labute approximate surface area is 235 Å². The van der Waals surface area contributed by atoms with Crippen molar-refractivity contribution in [2.45, 2.75) is 13.3 Å². The molecular formula is C28H23N2NaO4S. The largest absolute Gasteiger partial charge is 1.00 e. The van der Waals surface area contributed by atoms with Crippen molar-refractivity contribution < 1.29 is 49.0 Å². The van der Waals surface area contributed by atoms with Gasteiger partial charge in [0.25, 0.3) is 11.9 Å². The quantitative estimate of drug-likeness (QED) is 0.331. The molecule has 4 aromatic rings. The smallest absolute Gasteiger partial charge is 0.664 e. The molecule has 0 atom stereocenters. The van der Waals surface area contributed by atoms with Crippen molar-refractivity contribution in [2.75, 3.05) is 7.11 Å². The number of nitrogens with zero attached hydrogens (tertiary/aromatic N) is 2. The third-order valence-electron chi connectivity index (χ3n) is 5.21. The van der Waals surface area contributed by atoms with Gasteiger partial charge in [0, 0.05) is 13.3 Å². The van der Waals surface area contributed by atoms with Gasteiger partial charge in [0.2, 0.25) is 0 Å². The van der Waals surface area contributed by atoms with Crippen LogP contribution in [0.4, 0.5) is 0 Å². The molecule has 1 aliphatic rings. The second-order valence-electron chi connectivity index (χ2n) is 7.81. The number of aliphatic carboxylic acids is 1. The number of aliphatic imine (C=N–C) groups is 1. The van der Waals surface area contributed by atoms with E-state index >= 15 is 0 Å². The third-order valence-corrected chi connectivity index (χ3v) is 6.20. The molecule has 1 aliphatic heterocycles. The van der Waals surface area contributed by atoms with Crippen LogP contribution < -0.4 is 39.3 Å². The second-order valence-corrected chi connectivity index (χ2v) is 8.92. The molecule has 0 unspecified atom stereocenters. The van der Waals surface area contributed by atoms with Gasteiger partial charge >= 0.3 is 29.6 Å². The molecule has 0 spiro atoms. The van der Waals surface area contributed by atoms with Gasteiger partial charge in [-0.15, -0.1) is 5.52 Å². The normalized spacial score (nSPS) is 13.6. The van der Waals surface area contributed by atoms with Crippen LogP contribution in [0, 0.1) is 0 Å². The van der Waals surface area contributed by atoms with E-state index < -0.39 is 5.97 Å². The van der Waals surface area contributed by atoms with Gasteiger partial charge < -0.3 is 14.8 Å². The van der Waals surface area contributed by atoms with Crippen LogP contribution in [-0.2, 0) is 16.0 Å². The third kappa shape index (κ3) is 7.21. The predicted octanol–water partition coefficient (Wildman–Crippen LogP) is 2.82. The fourth-order valence-corrected chi connectivity index (χ4v) is 4.52. The summed E-state index contributed by atoms with van der Waals surface area (Å²) in [4.78, 5) is 30.6. The van der Waals surface area contributed by atoms with Gasteiger partial charge in [-0.1, -0.05) is 72.4 Å². The summed E-state index contributed by atoms with van der Waals surface area (Å²) in [5, 5.41) is 9.35. The molecule has 1 amide bonds. The van der Waals surface area contributed by atoms with Crippen LogP contribution in [0.3, 0.4) is 0 Å². The number of amides is 1. The van der Waals surface area contributed by atoms with E-state index in [9.17, 15) is 4.79 Å². The number of hydrogen-bond acceptors (Lipinski definition) is 4. The van der Waals surface area contributed by atoms with E-state index in [0.717, 1.165) is 50.9 Å². The molecule has 5 rings (SSSR count). The van der Waals surface area contributed by atoms with Crippen molar-refractivity contribution in [2.24, 2.45) is 4.99 Å². The first kappa shape index (κ1) is 27.5. The minimum Gasteiger partial charge on any atom is -0.664 e. The molecule has 0 bridgehead atoms. The molecule has 0 fully saturated rings. The molecule has 0 saturated carbocycles. The van der Waals surface area contributed by atoms with Crippen LogP contribution in [0.2, 0.25) is 0 Å². The van der Waals surface area contributed by atoms with Crippen molar-refractivity contribution >= 4 is 45.7 Å². The molecule has 1 N–H and O–H groups in total. The van der Waals surface area contributed by atoms with Crippen LogP contribution in [0.1, 0.15) is 18.1 Å². The molecule has 1 aromatic heterocycles. The fraction of sp³-hybridized carbons (Fsp3) is 0.107. The Hall–Kier alpha value is -3.10. The van der Waals surface area contributed by atoms with Crippen LogP contribution in [-0.4, -0.2) is 29.1 Å². The summed E-state index contributed by atoms with van der Waals surface area (Å²) in [7, 11) is 1.66. The average molecular weight is 507 g/mol. The number of hydrogen-bond donors (Lipinski definition) is 1. The maximum Gasteiger partial charge on any atom is 1.00 e. The number of ether oxygens (including phenoxy) is 1. The molecule has 36 heavy (non-hydrogen) atoms. The summed E-state index contributed by atoms with van der Waals surface area (Å²) in [6.45, 7) is 1.08. The van der Waals surface area contributed by atoms with Crippen molar-refractivity contribution in [3.8, 4) is 16.9 Å². The summed E-state index contributed by atoms with van der Waals surface area (Å²) in [5.41, 5.74) is 5.33. The van der Waals surface area contributed by atoms with Gasteiger partial charge in [-0.2, -0.15) is 6.20 Å². The van der Waals surface area contributed by atoms with Gasteiger partial charge in [-0.25, -0.2) is 4.99 Å². The number of rotatable bonds is 5. The average Bonchev–Trinajstić information content (AvgIpc) is 3.45. The van der Waals surface area contributed by atoms with Gasteiger partial charge in [-0.3, -0.25) is 9.59 Å². The van der Waals surface area contributed by atoms with Crippen LogP contribution in [0.15, 0.2) is 88.9 Å². The maximum absolute atomic E-state index is 12.4. The van der Waals surface area contributed by atoms with Gasteiger partial charge in [-0.05, 0) is 45.8 Å². The molecule has 3 aromatic carbocycles. The van der Waals surface area contributed by atoms with Crippen molar-refractivity contribution in [3.05, 3.63) is 95.0 Å². The summed E-state index contributed by atoms with van der Waals surface area (Å²) in [6.07, 6.45) is 4.36. The minimum atomic E-state index is -0.833. The topological polar surface area (TPSA) is 90.1 Å². The molecule has 6 nitrogen and oxygen atoms in total. The number of thioether (sulfide) groups is 1. The van der Waals surface area contributed by atoms with E-state index in [2.05, 4.69) is 28.2 Å². The molecular weight excluding hydrogens is 483 g/mol. The molecule has 8 heteroatoms. The Kier molecular flexibility index (Phi) is 9.73. The second kappa shape index (κ2) is 12.7. The Balaban J connectivity index is 0.000000674. The standard InChI is InChI=1S/C26H19N2O2S.C2H4O2.Na/c1-30-22-9-7-20(8-10-22)19-5-2-17(3-6-19)15-24-26(29)28-25(31-24)16-18-4-11-23-21(14-18)12-13-27-23;1-2(3)4;/h2-15H,16H2,1H3;1H3,(H,3,4);/q-1;;+1. The Bertz CT molecular complexity index is 1420. The summed E-state index contributed by atoms with van der Waals surface area (Å²) in [6, 6.07) is 24.3. The van der Waals surface area contributed by atoms with Crippen LogP contribution >= 0.6 is 11.8 Å².